The Bertz CT molecular complexity index is 188. The van der Waals surface area contributed by atoms with Crippen LogP contribution in [0, 0.1) is 5.92 Å². The van der Waals surface area contributed by atoms with Crippen LogP contribution in [0.4, 0.5) is 0 Å². The highest BCUT2D eigenvalue weighted by molar-refractivity contribution is 5.81. The largest absolute Gasteiger partial charge is 0.355 e. The van der Waals surface area contributed by atoms with Gasteiger partial charge in [0.05, 0.1) is 6.04 Å². The third kappa shape index (κ3) is 4.65. The first kappa shape index (κ1) is 12.5. The Morgan fingerprint density at radius 1 is 1.40 bits per heavy atom. The average Bonchev–Trinajstić information content (AvgIpc) is 2.71. The molecule has 1 aliphatic rings. The Hall–Kier alpha value is -0.570. The standard InChI is InChI=1S/C12H24N2O/c1-3-13-12(15)10(2)14-9-8-11-6-4-5-7-11/h10-11,14H,3-9H2,1-2H3,(H,13,15). The first-order chi connectivity index (χ1) is 7.24. The molecule has 1 aliphatic carbocycles. The molecule has 0 aliphatic heterocycles. The van der Waals surface area contributed by atoms with Crippen molar-refractivity contribution in [1.82, 2.24) is 10.6 Å². The summed E-state index contributed by atoms with van der Waals surface area (Å²) in [6.45, 7) is 5.57. The van der Waals surface area contributed by atoms with Gasteiger partial charge in [-0.1, -0.05) is 25.7 Å². The van der Waals surface area contributed by atoms with Crippen molar-refractivity contribution in [3.8, 4) is 0 Å². The molecule has 0 radical (unpaired) electrons. The van der Waals surface area contributed by atoms with Crippen LogP contribution in [0.15, 0.2) is 0 Å². The summed E-state index contributed by atoms with van der Waals surface area (Å²) < 4.78 is 0. The van der Waals surface area contributed by atoms with Crippen molar-refractivity contribution < 1.29 is 4.79 Å². The van der Waals surface area contributed by atoms with Gasteiger partial charge in [-0.25, -0.2) is 0 Å². The number of likely N-dealkylation sites (N-methyl/N-ethyl adjacent to an activating group) is 1. The lowest BCUT2D eigenvalue weighted by Crippen LogP contribution is -2.42. The predicted molar refractivity (Wildman–Crippen MR) is 62.7 cm³/mol. The lowest BCUT2D eigenvalue weighted by molar-refractivity contribution is -0.122. The van der Waals surface area contributed by atoms with E-state index in [-0.39, 0.29) is 11.9 Å². The van der Waals surface area contributed by atoms with E-state index in [1.165, 1.54) is 32.1 Å². The Labute approximate surface area is 93.0 Å². The van der Waals surface area contributed by atoms with Gasteiger partial charge >= 0.3 is 0 Å². The highest BCUT2D eigenvalue weighted by atomic mass is 16.2. The summed E-state index contributed by atoms with van der Waals surface area (Å²) in [4.78, 5) is 11.4. The zero-order chi connectivity index (χ0) is 11.1. The molecule has 1 amide bonds. The Morgan fingerprint density at radius 2 is 2.07 bits per heavy atom. The zero-order valence-electron chi connectivity index (χ0n) is 10.0. The van der Waals surface area contributed by atoms with Gasteiger partial charge in [-0.15, -0.1) is 0 Å². The van der Waals surface area contributed by atoms with Gasteiger partial charge in [-0.05, 0) is 32.7 Å². The monoisotopic (exact) mass is 212 g/mol. The molecule has 3 nitrogen and oxygen atoms in total. The van der Waals surface area contributed by atoms with Gasteiger partial charge in [0.1, 0.15) is 0 Å². The molecule has 15 heavy (non-hydrogen) atoms. The van der Waals surface area contributed by atoms with Gasteiger partial charge in [0.25, 0.3) is 0 Å². The first-order valence-corrected chi connectivity index (χ1v) is 6.25. The van der Waals surface area contributed by atoms with Gasteiger partial charge in [0, 0.05) is 6.54 Å². The van der Waals surface area contributed by atoms with Crippen molar-refractivity contribution in [2.75, 3.05) is 13.1 Å². The zero-order valence-corrected chi connectivity index (χ0v) is 10.0. The minimum atomic E-state index is -0.0497. The molecule has 0 aromatic carbocycles. The molecule has 3 heteroatoms. The average molecular weight is 212 g/mol. The van der Waals surface area contributed by atoms with E-state index in [9.17, 15) is 4.79 Å². The summed E-state index contributed by atoms with van der Waals surface area (Å²) in [5.74, 6) is 1.02. The molecule has 0 aromatic heterocycles. The SMILES string of the molecule is CCNC(=O)C(C)NCCC1CCCC1. The van der Waals surface area contributed by atoms with E-state index in [1.54, 1.807) is 0 Å². The summed E-state index contributed by atoms with van der Waals surface area (Å²) in [6, 6.07) is -0.0497. The van der Waals surface area contributed by atoms with E-state index < -0.39 is 0 Å². The Morgan fingerprint density at radius 3 is 2.67 bits per heavy atom. The molecule has 0 aromatic rings. The highest BCUT2D eigenvalue weighted by Gasteiger charge is 2.16. The smallest absolute Gasteiger partial charge is 0.236 e. The van der Waals surface area contributed by atoms with Crippen molar-refractivity contribution in [2.24, 2.45) is 5.92 Å². The molecule has 1 atom stereocenters. The van der Waals surface area contributed by atoms with E-state index in [1.807, 2.05) is 13.8 Å². The van der Waals surface area contributed by atoms with Crippen LogP contribution in [0.5, 0.6) is 0 Å². The summed E-state index contributed by atoms with van der Waals surface area (Å²) in [5.41, 5.74) is 0. The van der Waals surface area contributed by atoms with Gasteiger partial charge < -0.3 is 10.6 Å². The molecule has 1 saturated carbocycles. The molecule has 1 rings (SSSR count). The molecule has 0 bridgehead atoms. The summed E-state index contributed by atoms with van der Waals surface area (Å²) in [6.07, 6.45) is 6.80. The second kappa shape index (κ2) is 6.83. The van der Waals surface area contributed by atoms with Gasteiger partial charge in [0.2, 0.25) is 5.91 Å². The minimum absolute atomic E-state index is 0.0497. The van der Waals surface area contributed by atoms with Crippen LogP contribution in [-0.4, -0.2) is 25.0 Å². The molecule has 2 N–H and O–H groups in total. The molecule has 0 saturated heterocycles. The lowest BCUT2D eigenvalue weighted by atomic mass is 10.0. The van der Waals surface area contributed by atoms with Gasteiger partial charge in [0.15, 0.2) is 0 Å². The van der Waals surface area contributed by atoms with E-state index in [0.29, 0.717) is 6.54 Å². The second-order valence-corrected chi connectivity index (χ2v) is 4.51. The minimum Gasteiger partial charge on any atom is -0.355 e. The fourth-order valence-corrected chi connectivity index (χ4v) is 2.22. The number of carbonyl (C=O) groups excluding carboxylic acids is 1. The highest BCUT2D eigenvalue weighted by Crippen LogP contribution is 2.26. The molecular formula is C12H24N2O. The van der Waals surface area contributed by atoms with Gasteiger partial charge in [-0.3, -0.25) is 4.79 Å². The lowest BCUT2D eigenvalue weighted by Gasteiger charge is -2.15. The quantitative estimate of drug-likeness (QED) is 0.703. The fraction of sp³-hybridized carbons (Fsp3) is 0.917. The fourth-order valence-electron chi connectivity index (χ4n) is 2.22. The molecule has 0 spiro atoms. The van der Waals surface area contributed by atoms with E-state index >= 15 is 0 Å². The molecule has 1 fully saturated rings. The number of amides is 1. The number of hydrogen-bond acceptors (Lipinski definition) is 2. The van der Waals surface area contributed by atoms with E-state index in [2.05, 4.69) is 10.6 Å². The maximum Gasteiger partial charge on any atom is 0.236 e. The van der Waals surface area contributed by atoms with Gasteiger partial charge in [-0.2, -0.15) is 0 Å². The normalized spacial score (nSPS) is 19.1. The van der Waals surface area contributed by atoms with Crippen LogP contribution < -0.4 is 10.6 Å². The molecule has 0 heterocycles. The van der Waals surface area contributed by atoms with Crippen LogP contribution in [0.2, 0.25) is 0 Å². The van der Waals surface area contributed by atoms with Crippen LogP contribution >= 0.6 is 0 Å². The number of hydrogen-bond donors (Lipinski definition) is 2. The maximum absolute atomic E-state index is 11.4. The van der Waals surface area contributed by atoms with Crippen molar-refractivity contribution >= 4 is 5.91 Å². The summed E-state index contributed by atoms with van der Waals surface area (Å²) in [5, 5.41) is 6.10. The molecule has 88 valence electrons. The topological polar surface area (TPSA) is 41.1 Å². The van der Waals surface area contributed by atoms with Crippen molar-refractivity contribution in [1.29, 1.82) is 0 Å². The first-order valence-electron chi connectivity index (χ1n) is 6.25. The van der Waals surface area contributed by atoms with Crippen molar-refractivity contribution in [3.63, 3.8) is 0 Å². The van der Waals surface area contributed by atoms with Crippen LogP contribution in [0.25, 0.3) is 0 Å². The van der Waals surface area contributed by atoms with Crippen molar-refractivity contribution in [2.45, 2.75) is 52.0 Å². The summed E-state index contributed by atoms with van der Waals surface area (Å²) >= 11 is 0. The second-order valence-electron chi connectivity index (χ2n) is 4.51. The third-order valence-corrected chi connectivity index (χ3v) is 3.22. The molecular weight excluding hydrogens is 188 g/mol. The number of rotatable bonds is 6. The van der Waals surface area contributed by atoms with Crippen molar-refractivity contribution in [3.05, 3.63) is 0 Å². The van der Waals surface area contributed by atoms with Crippen LogP contribution in [-0.2, 0) is 4.79 Å². The van der Waals surface area contributed by atoms with E-state index in [4.69, 9.17) is 0 Å². The van der Waals surface area contributed by atoms with E-state index in [0.717, 1.165) is 12.5 Å². The number of nitrogens with one attached hydrogen (secondary N) is 2. The maximum atomic E-state index is 11.4. The molecule has 1 unspecified atom stereocenters. The third-order valence-electron chi connectivity index (χ3n) is 3.22. The predicted octanol–water partition coefficient (Wildman–Crippen LogP) is 1.68. The Balaban J connectivity index is 2.05. The summed E-state index contributed by atoms with van der Waals surface area (Å²) in [7, 11) is 0. The Kier molecular flexibility index (Phi) is 5.69. The van der Waals surface area contributed by atoms with Crippen LogP contribution in [0.1, 0.15) is 46.0 Å². The number of carbonyl (C=O) groups is 1. The van der Waals surface area contributed by atoms with Crippen LogP contribution in [0.3, 0.4) is 0 Å².